The number of nitrogens with zero attached hydrogens (tertiary/aromatic N) is 1. The average Bonchev–Trinajstić information content (AvgIpc) is 3.19. The Balaban J connectivity index is 0.000000562. The van der Waals surface area contributed by atoms with Gasteiger partial charge in [-0.3, -0.25) is 4.79 Å². The van der Waals surface area contributed by atoms with Crippen LogP contribution < -0.4 is 16.8 Å². The molecule has 8 heteroatoms. The predicted octanol–water partition coefficient (Wildman–Crippen LogP) is 1.67. The van der Waals surface area contributed by atoms with Crippen molar-refractivity contribution in [3.63, 3.8) is 0 Å². The Kier molecular flexibility index (Phi) is 14.2. The number of carbonyl (C=O) groups is 2. The Labute approximate surface area is 164 Å². The Hall–Kier alpha value is -2.55. The lowest BCUT2D eigenvalue weighted by Crippen LogP contribution is -2.25. The van der Waals surface area contributed by atoms with E-state index < -0.39 is 0 Å². The van der Waals surface area contributed by atoms with Gasteiger partial charge in [-0.05, 0) is 48.1 Å². The van der Waals surface area contributed by atoms with Crippen LogP contribution in [0.3, 0.4) is 0 Å². The minimum absolute atomic E-state index is 0.197. The van der Waals surface area contributed by atoms with Crippen LogP contribution in [0, 0.1) is 0 Å². The summed E-state index contributed by atoms with van der Waals surface area (Å²) in [6, 6.07) is 9.32. The lowest BCUT2D eigenvalue weighted by atomic mass is 10.1. The van der Waals surface area contributed by atoms with Crippen LogP contribution in [0.25, 0.3) is 0 Å². The van der Waals surface area contributed by atoms with Crippen molar-refractivity contribution >= 4 is 35.1 Å². The molecule has 0 spiro atoms. The number of nitrogens with one attached hydrogen (secondary N) is 1. The van der Waals surface area contributed by atoms with Gasteiger partial charge in [-0.15, -0.1) is 0 Å². The molecule has 0 atom stereocenters. The molecule has 0 radical (unpaired) electrons. The fourth-order valence-electron chi connectivity index (χ4n) is 1.88. The minimum atomic E-state index is -0.292. The van der Waals surface area contributed by atoms with Gasteiger partial charge in [0.15, 0.2) is 0 Å². The molecule has 0 saturated carbocycles. The van der Waals surface area contributed by atoms with E-state index in [0.717, 1.165) is 17.4 Å². The SMILES string of the molecule is CN.CNCC(N)=Nc1ccccc1CC(=O)OC.O=CCc1ccsc1. The Morgan fingerprint density at radius 2 is 2.00 bits per heavy atom. The number of thiophene rings is 1. The normalized spacial score (nSPS) is 10.0. The van der Waals surface area contributed by atoms with Crippen molar-refractivity contribution in [1.82, 2.24) is 5.32 Å². The van der Waals surface area contributed by atoms with E-state index in [1.807, 2.05) is 41.1 Å². The monoisotopic (exact) mass is 392 g/mol. The van der Waals surface area contributed by atoms with Crippen molar-refractivity contribution in [3.8, 4) is 0 Å². The number of aldehydes is 1. The maximum Gasteiger partial charge on any atom is 0.310 e. The van der Waals surface area contributed by atoms with Crippen LogP contribution in [0.4, 0.5) is 5.69 Å². The molecule has 0 bridgehead atoms. The zero-order chi connectivity index (χ0) is 20.5. The highest BCUT2D eigenvalue weighted by Crippen LogP contribution is 2.19. The number of hydrogen-bond acceptors (Lipinski definition) is 7. The van der Waals surface area contributed by atoms with E-state index in [1.165, 1.54) is 14.2 Å². The van der Waals surface area contributed by atoms with Gasteiger partial charge in [0.2, 0.25) is 0 Å². The smallest absolute Gasteiger partial charge is 0.310 e. The van der Waals surface area contributed by atoms with Crippen molar-refractivity contribution in [1.29, 1.82) is 0 Å². The van der Waals surface area contributed by atoms with E-state index in [9.17, 15) is 9.59 Å². The fraction of sp³-hybridized carbons (Fsp3) is 0.316. The van der Waals surface area contributed by atoms with E-state index in [1.54, 1.807) is 18.4 Å². The van der Waals surface area contributed by atoms with Gasteiger partial charge in [-0.1, -0.05) is 18.2 Å². The Morgan fingerprint density at radius 3 is 2.56 bits per heavy atom. The third-order valence-electron chi connectivity index (χ3n) is 3.08. The maximum absolute atomic E-state index is 11.2. The summed E-state index contributed by atoms with van der Waals surface area (Å²) in [6.45, 7) is 0.507. The van der Waals surface area contributed by atoms with Crippen LogP contribution in [0.2, 0.25) is 0 Å². The predicted molar refractivity (Wildman–Crippen MR) is 112 cm³/mol. The third kappa shape index (κ3) is 10.9. The number of amidine groups is 1. The van der Waals surface area contributed by atoms with Crippen LogP contribution in [0.5, 0.6) is 0 Å². The van der Waals surface area contributed by atoms with Gasteiger partial charge in [0.05, 0.1) is 25.8 Å². The van der Waals surface area contributed by atoms with Gasteiger partial charge in [0.1, 0.15) is 12.1 Å². The second-order valence-corrected chi connectivity index (χ2v) is 5.80. The van der Waals surface area contributed by atoms with Crippen LogP contribution in [0.1, 0.15) is 11.1 Å². The zero-order valence-electron chi connectivity index (χ0n) is 16.0. The van der Waals surface area contributed by atoms with Crippen LogP contribution in [-0.2, 0) is 27.2 Å². The third-order valence-corrected chi connectivity index (χ3v) is 3.81. The summed E-state index contributed by atoms with van der Waals surface area (Å²) in [5, 5.41) is 6.86. The molecule has 2 rings (SSSR count). The molecule has 148 valence electrons. The second-order valence-electron chi connectivity index (χ2n) is 5.02. The molecule has 1 aromatic heterocycles. The van der Waals surface area contributed by atoms with Crippen molar-refractivity contribution in [2.45, 2.75) is 12.8 Å². The highest BCUT2D eigenvalue weighted by atomic mass is 32.1. The number of methoxy groups -OCH3 is 1. The minimum Gasteiger partial charge on any atom is -0.469 e. The van der Waals surface area contributed by atoms with E-state index >= 15 is 0 Å². The second kappa shape index (κ2) is 15.7. The molecule has 0 aliphatic rings. The van der Waals surface area contributed by atoms with E-state index in [4.69, 9.17) is 5.73 Å². The molecule has 5 N–H and O–H groups in total. The molecule has 0 aliphatic heterocycles. The molecule has 0 saturated heterocycles. The first kappa shape index (κ1) is 24.5. The standard InChI is InChI=1S/C12H17N3O2.C6H6OS.CH5N/c1-14-8-11(13)15-10-6-4-3-5-9(10)7-12(16)17-2;7-3-1-6-2-4-8-5-6;1-2/h3-6,14H,7-8H2,1-2H3,(H2,13,15);2-5H,1H2;2H2,1H3. The molecular formula is C19H28N4O3S. The first-order valence-electron chi connectivity index (χ1n) is 8.25. The van der Waals surface area contributed by atoms with Gasteiger partial charge in [-0.25, -0.2) is 4.99 Å². The highest BCUT2D eigenvalue weighted by molar-refractivity contribution is 7.07. The summed E-state index contributed by atoms with van der Waals surface area (Å²) in [5.74, 6) is 0.185. The number of esters is 1. The molecule has 7 nitrogen and oxygen atoms in total. The molecule has 0 aliphatic carbocycles. The number of aliphatic imine (C=N–C) groups is 1. The lowest BCUT2D eigenvalue weighted by molar-refractivity contribution is -0.139. The van der Waals surface area contributed by atoms with Crippen molar-refractivity contribution in [2.75, 3.05) is 27.7 Å². The first-order chi connectivity index (χ1) is 13.1. The van der Waals surface area contributed by atoms with E-state index in [-0.39, 0.29) is 12.4 Å². The average molecular weight is 393 g/mol. The summed E-state index contributed by atoms with van der Waals surface area (Å²) in [6.07, 6.45) is 1.68. The van der Waals surface area contributed by atoms with Crippen molar-refractivity contribution in [2.24, 2.45) is 16.5 Å². The number of likely N-dealkylation sites (N-methyl/N-ethyl adjacent to an activating group) is 1. The summed E-state index contributed by atoms with van der Waals surface area (Å²) in [4.78, 5) is 25.4. The van der Waals surface area contributed by atoms with Crippen LogP contribution in [-0.4, -0.2) is 45.8 Å². The summed E-state index contributed by atoms with van der Waals surface area (Å²) in [5.41, 5.74) is 12.8. The lowest BCUT2D eigenvalue weighted by Gasteiger charge is -2.05. The quantitative estimate of drug-likeness (QED) is 0.285. The zero-order valence-corrected chi connectivity index (χ0v) is 16.8. The molecular weight excluding hydrogens is 364 g/mol. The van der Waals surface area contributed by atoms with Crippen molar-refractivity contribution in [3.05, 3.63) is 52.2 Å². The number of nitrogens with two attached hydrogens (primary N) is 2. The Bertz CT molecular complexity index is 688. The maximum atomic E-state index is 11.2. The number of rotatable bonds is 7. The van der Waals surface area contributed by atoms with Crippen LogP contribution >= 0.6 is 11.3 Å². The number of benzene rings is 1. The van der Waals surface area contributed by atoms with E-state index in [2.05, 4.69) is 20.8 Å². The van der Waals surface area contributed by atoms with Gasteiger partial charge < -0.3 is 26.3 Å². The highest BCUT2D eigenvalue weighted by Gasteiger charge is 2.07. The molecule has 0 fully saturated rings. The largest absolute Gasteiger partial charge is 0.469 e. The number of ether oxygens (including phenoxy) is 1. The molecule has 2 aromatic rings. The number of hydrogen-bond donors (Lipinski definition) is 3. The van der Waals surface area contributed by atoms with Crippen molar-refractivity contribution < 1.29 is 14.3 Å². The molecule has 27 heavy (non-hydrogen) atoms. The Morgan fingerprint density at radius 1 is 1.30 bits per heavy atom. The topological polar surface area (TPSA) is 120 Å². The van der Waals surface area contributed by atoms with E-state index in [0.29, 0.717) is 24.5 Å². The van der Waals surface area contributed by atoms with Gasteiger partial charge in [0, 0.05) is 6.42 Å². The molecule has 0 amide bonds. The first-order valence-corrected chi connectivity index (χ1v) is 9.19. The summed E-state index contributed by atoms with van der Waals surface area (Å²) >= 11 is 1.62. The van der Waals surface area contributed by atoms with Gasteiger partial charge in [0.25, 0.3) is 0 Å². The van der Waals surface area contributed by atoms with Crippen LogP contribution in [0.15, 0.2) is 46.1 Å². The number of carbonyl (C=O) groups excluding carboxylic acids is 2. The molecule has 0 unspecified atom stereocenters. The van der Waals surface area contributed by atoms with Gasteiger partial charge >= 0.3 is 5.97 Å². The number of para-hydroxylation sites is 1. The summed E-state index contributed by atoms with van der Waals surface area (Å²) < 4.78 is 4.63. The van der Waals surface area contributed by atoms with Gasteiger partial charge in [-0.2, -0.15) is 11.3 Å². The fourth-order valence-corrected chi connectivity index (χ4v) is 2.56. The molecule has 1 heterocycles. The molecule has 1 aromatic carbocycles. The summed E-state index contributed by atoms with van der Waals surface area (Å²) in [7, 11) is 4.66.